The van der Waals surface area contributed by atoms with Crippen molar-refractivity contribution in [2.75, 3.05) is 6.61 Å². The zero-order chi connectivity index (χ0) is 19.9. The number of carbonyl (C=O) groups is 2. The van der Waals surface area contributed by atoms with Crippen LogP contribution in [0.3, 0.4) is 0 Å². The lowest BCUT2D eigenvalue weighted by Gasteiger charge is -2.60. The van der Waals surface area contributed by atoms with Gasteiger partial charge in [0.05, 0.1) is 6.61 Å². The maximum absolute atomic E-state index is 12.1. The first kappa shape index (κ1) is 20.4. The zero-order valence-corrected chi connectivity index (χ0v) is 18.3. The van der Waals surface area contributed by atoms with Crippen LogP contribution in [0, 0.1) is 40.4 Å². The number of hydrogen-bond acceptors (Lipinski definition) is 3. The summed E-state index contributed by atoms with van der Waals surface area (Å²) in [5.41, 5.74) is 0.893. The van der Waals surface area contributed by atoms with Gasteiger partial charge in [-0.1, -0.05) is 13.8 Å². The first-order chi connectivity index (χ1) is 13.4. The van der Waals surface area contributed by atoms with Crippen molar-refractivity contribution >= 4 is 11.8 Å². The lowest BCUT2D eigenvalue weighted by molar-refractivity contribution is -0.143. The molecule has 158 valence electrons. The molecule has 0 saturated heterocycles. The van der Waals surface area contributed by atoms with E-state index in [1.54, 1.807) is 0 Å². The van der Waals surface area contributed by atoms with Crippen molar-refractivity contribution in [3.63, 3.8) is 0 Å². The summed E-state index contributed by atoms with van der Waals surface area (Å²) >= 11 is 0. The fourth-order valence-corrected chi connectivity index (χ4v) is 8.35. The second kappa shape index (κ2) is 7.76. The highest BCUT2D eigenvalue weighted by molar-refractivity contribution is 5.79. The van der Waals surface area contributed by atoms with Crippen LogP contribution in [0.25, 0.3) is 0 Å². The van der Waals surface area contributed by atoms with Crippen molar-refractivity contribution in [1.29, 1.82) is 0 Å². The Morgan fingerprint density at radius 1 is 1.04 bits per heavy atom. The first-order valence-corrected chi connectivity index (χ1v) is 12.1. The van der Waals surface area contributed by atoms with Gasteiger partial charge in [0.15, 0.2) is 0 Å². The van der Waals surface area contributed by atoms with E-state index in [4.69, 9.17) is 4.74 Å². The van der Waals surface area contributed by atoms with Crippen LogP contribution in [0.2, 0.25) is 0 Å². The highest BCUT2D eigenvalue weighted by atomic mass is 16.5. The number of ketones is 1. The molecule has 4 saturated carbocycles. The Kier molecular flexibility index (Phi) is 5.66. The van der Waals surface area contributed by atoms with Gasteiger partial charge >= 0.3 is 5.97 Å². The molecule has 7 atom stereocenters. The van der Waals surface area contributed by atoms with Crippen LogP contribution in [0.5, 0.6) is 0 Å². The summed E-state index contributed by atoms with van der Waals surface area (Å²) in [7, 11) is 0. The molecule has 0 spiro atoms. The van der Waals surface area contributed by atoms with Crippen LogP contribution in [-0.2, 0) is 14.3 Å². The lowest BCUT2D eigenvalue weighted by atomic mass is 9.44. The van der Waals surface area contributed by atoms with Gasteiger partial charge < -0.3 is 4.74 Å². The van der Waals surface area contributed by atoms with Crippen LogP contribution >= 0.6 is 0 Å². The van der Waals surface area contributed by atoms with Gasteiger partial charge in [-0.25, -0.2) is 0 Å². The number of Topliss-reactive ketones (excluding diaryl/α,β-unsaturated/α-hetero) is 1. The topological polar surface area (TPSA) is 43.4 Å². The molecular weight excluding hydrogens is 348 g/mol. The summed E-state index contributed by atoms with van der Waals surface area (Å²) < 4.78 is 5.12. The molecule has 4 fully saturated rings. The predicted octanol–water partition coefficient (Wildman–Crippen LogP) is 5.95. The molecule has 0 amide bonds. The Morgan fingerprint density at radius 3 is 2.61 bits per heavy atom. The third kappa shape index (κ3) is 3.35. The van der Waals surface area contributed by atoms with Gasteiger partial charge in [-0.05, 0) is 105 Å². The predicted molar refractivity (Wildman–Crippen MR) is 111 cm³/mol. The average Bonchev–Trinajstić information content (AvgIpc) is 2.99. The number of fused-ring (bicyclic) bond motifs is 5. The Bertz CT molecular complexity index is 613. The number of esters is 1. The summed E-state index contributed by atoms with van der Waals surface area (Å²) in [5.74, 6) is 4.52. The van der Waals surface area contributed by atoms with Gasteiger partial charge in [0.25, 0.3) is 0 Å². The maximum Gasteiger partial charge on any atom is 0.305 e. The Morgan fingerprint density at radius 2 is 1.82 bits per heavy atom. The summed E-state index contributed by atoms with van der Waals surface area (Å²) in [4.78, 5) is 23.8. The molecule has 0 N–H and O–H groups in total. The SMILES string of the molecule is CCOC(=O)CCC[C@H]1CCC2C3CC[C@@H]4CC(=O)CC[C@]4(C)C3CC[C@@]21C. The minimum atomic E-state index is -0.0241. The Balaban J connectivity index is 1.42. The molecule has 0 aliphatic heterocycles. The van der Waals surface area contributed by atoms with Crippen LogP contribution < -0.4 is 0 Å². The quantitative estimate of drug-likeness (QED) is 0.547. The van der Waals surface area contributed by atoms with Crippen LogP contribution in [-0.4, -0.2) is 18.4 Å². The van der Waals surface area contributed by atoms with E-state index in [9.17, 15) is 9.59 Å². The molecule has 0 bridgehead atoms. The molecule has 4 rings (SSSR count). The van der Waals surface area contributed by atoms with E-state index in [1.807, 2.05) is 6.92 Å². The minimum Gasteiger partial charge on any atom is -0.466 e. The van der Waals surface area contributed by atoms with E-state index in [1.165, 1.54) is 44.9 Å². The smallest absolute Gasteiger partial charge is 0.305 e. The van der Waals surface area contributed by atoms with Gasteiger partial charge in [-0.15, -0.1) is 0 Å². The molecule has 3 nitrogen and oxygen atoms in total. The summed E-state index contributed by atoms with van der Waals surface area (Å²) in [6.07, 6.45) is 13.7. The van der Waals surface area contributed by atoms with Gasteiger partial charge in [-0.2, -0.15) is 0 Å². The van der Waals surface area contributed by atoms with Gasteiger partial charge in [0.2, 0.25) is 0 Å². The van der Waals surface area contributed by atoms with Crippen molar-refractivity contribution in [1.82, 2.24) is 0 Å². The molecule has 0 radical (unpaired) electrons. The van der Waals surface area contributed by atoms with Gasteiger partial charge in [-0.3, -0.25) is 9.59 Å². The third-order valence-electron chi connectivity index (χ3n) is 9.92. The molecule has 0 aromatic rings. The minimum absolute atomic E-state index is 0.0241. The molecule has 0 aromatic heterocycles. The Labute approximate surface area is 171 Å². The molecule has 0 aromatic carbocycles. The largest absolute Gasteiger partial charge is 0.466 e. The van der Waals surface area contributed by atoms with Crippen molar-refractivity contribution in [3.05, 3.63) is 0 Å². The normalized spacial score (nSPS) is 45.1. The summed E-state index contributed by atoms with van der Waals surface area (Å²) in [5, 5.41) is 0. The van der Waals surface area contributed by atoms with Crippen LogP contribution in [0.15, 0.2) is 0 Å². The molecule has 0 heterocycles. The van der Waals surface area contributed by atoms with Crippen molar-refractivity contribution in [2.24, 2.45) is 40.4 Å². The fourth-order valence-electron chi connectivity index (χ4n) is 8.35. The maximum atomic E-state index is 12.1. The van der Waals surface area contributed by atoms with Crippen molar-refractivity contribution in [2.45, 2.75) is 97.8 Å². The monoisotopic (exact) mass is 388 g/mol. The van der Waals surface area contributed by atoms with Gasteiger partial charge in [0.1, 0.15) is 5.78 Å². The second-order valence-corrected chi connectivity index (χ2v) is 10.9. The van der Waals surface area contributed by atoms with E-state index in [2.05, 4.69) is 13.8 Å². The molecular formula is C25H40O3. The summed E-state index contributed by atoms with van der Waals surface area (Å²) in [6, 6.07) is 0. The lowest BCUT2D eigenvalue weighted by Crippen LogP contribution is -2.53. The van der Waals surface area contributed by atoms with Gasteiger partial charge in [0, 0.05) is 19.3 Å². The van der Waals surface area contributed by atoms with E-state index >= 15 is 0 Å². The van der Waals surface area contributed by atoms with E-state index < -0.39 is 0 Å². The summed E-state index contributed by atoms with van der Waals surface area (Å²) in [6.45, 7) is 7.50. The van der Waals surface area contributed by atoms with Crippen molar-refractivity contribution in [3.8, 4) is 0 Å². The van der Waals surface area contributed by atoms with Crippen LogP contribution in [0.1, 0.15) is 97.8 Å². The molecule has 4 aliphatic carbocycles. The Hall–Kier alpha value is -0.860. The first-order valence-electron chi connectivity index (χ1n) is 12.1. The highest BCUT2D eigenvalue weighted by Gasteiger charge is 2.59. The van der Waals surface area contributed by atoms with E-state index in [0.29, 0.717) is 35.6 Å². The fraction of sp³-hybridized carbons (Fsp3) is 0.920. The number of carbonyl (C=O) groups excluding carboxylic acids is 2. The van der Waals surface area contributed by atoms with E-state index in [0.717, 1.165) is 49.4 Å². The van der Waals surface area contributed by atoms with Crippen molar-refractivity contribution < 1.29 is 14.3 Å². The number of hydrogen-bond donors (Lipinski definition) is 0. The molecule has 4 aliphatic rings. The molecule has 3 heteroatoms. The second-order valence-electron chi connectivity index (χ2n) is 10.9. The van der Waals surface area contributed by atoms with Crippen LogP contribution in [0.4, 0.5) is 0 Å². The number of ether oxygens (including phenoxy) is 1. The van der Waals surface area contributed by atoms with E-state index in [-0.39, 0.29) is 5.97 Å². The standard InChI is InChI=1S/C25H40O3/c1-4-28-23(27)7-5-6-17-9-11-21-20-10-8-18-16-19(26)12-14-25(18,3)22(20)13-15-24(17,21)2/h17-18,20-22H,4-16H2,1-3H3/t17-,18+,20?,21?,22?,24+,25-/m0/s1. The highest BCUT2D eigenvalue weighted by Crippen LogP contribution is 2.67. The zero-order valence-electron chi connectivity index (χ0n) is 18.3. The molecule has 28 heavy (non-hydrogen) atoms. The third-order valence-corrected chi connectivity index (χ3v) is 9.92. The average molecular weight is 389 g/mol. The molecule has 3 unspecified atom stereocenters. The number of rotatable bonds is 5.